The van der Waals surface area contributed by atoms with Crippen molar-refractivity contribution < 1.29 is 9.18 Å². The van der Waals surface area contributed by atoms with Gasteiger partial charge in [0.25, 0.3) is 5.91 Å². The lowest BCUT2D eigenvalue weighted by molar-refractivity contribution is -0.117. The van der Waals surface area contributed by atoms with E-state index < -0.39 is 0 Å². The van der Waals surface area contributed by atoms with Gasteiger partial charge in [-0.2, -0.15) is 4.99 Å². The second-order valence-electron chi connectivity index (χ2n) is 4.91. The highest BCUT2D eigenvalue weighted by molar-refractivity contribution is 7.16. The van der Waals surface area contributed by atoms with Crippen molar-refractivity contribution in [1.29, 1.82) is 0 Å². The molecule has 3 aromatic rings. The van der Waals surface area contributed by atoms with E-state index in [2.05, 4.69) is 4.99 Å². The zero-order valence-electron chi connectivity index (χ0n) is 12.1. The van der Waals surface area contributed by atoms with Crippen LogP contribution in [0.1, 0.15) is 12.5 Å². The standard InChI is InChI=1S/C17H15FN2OS/c1-2-20-14-9-8-13(18)11-15(14)22-17(20)19-16(21)10-12-6-4-3-5-7-12/h3-9,11H,2,10H2,1H3. The molecule has 0 aliphatic carbocycles. The predicted molar refractivity (Wildman–Crippen MR) is 86.2 cm³/mol. The molecule has 0 saturated heterocycles. The zero-order valence-corrected chi connectivity index (χ0v) is 12.9. The molecule has 112 valence electrons. The lowest BCUT2D eigenvalue weighted by Crippen LogP contribution is -2.16. The molecule has 2 aromatic carbocycles. The predicted octanol–water partition coefficient (Wildman–Crippen LogP) is 3.53. The van der Waals surface area contributed by atoms with Crippen LogP contribution in [0.4, 0.5) is 4.39 Å². The average Bonchev–Trinajstić information content (AvgIpc) is 2.84. The van der Waals surface area contributed by atoms with E-state index in [9.17, 15) is 9.18 Å². The number of thiazole rings is 1. The molecular formula is C17H15FN2OS. The van der Waals surface area contributed by atoms with Crippen molar-refractivity contribution in [2.45, 2.75) is 19.9 Å². The van der Waals surface area contributed by atoms with Crippen LogP contribution in [0.15, 0.2) is 53.5 Å². The first-order valence-electron chi connectivity index (χ1n) is 7.07. The first kappa shape index (κ1) is 14.7. The number of carbonyl (C=O) groups excluding carboxylic acids is 1. The molecular weight excluding hydrogens is 299 g/mol. The van der Waals surface area contributed by atoms with Crippen LogP contribution in [0.5, 0.6) is 0 Å². The smallest absolute Gasteiger partial charge is 0.252 e. The highest BCUT2D eigenvalue weighted by Crippen LogP contribution is 2.18. The van der Waals surface area contributed by atoms with E-state index in [1.807, 2.05) is 41.8 Å². The molecule has 0 bridgehead atoms. The van der Waals surface area contributed by atoms with Gasteiger partial charge in [0, 0.05) is 6.54 Å². The lowest BCUT2D eigenvalue weighted by atomic mass is 10.1. The fraction of sp³-hybridized carbons (Fsp3) is 0.176. The first-order valence-corrected chi connectivity index (χ1v) is 7.89. The van der Waals surface area contributed by atoms with Gasteiger partial charge in [-0.15, -0.1) is 0 Å². The van der Waals surface area contributed by atoms with E-state index in [4.69, 9.17) is 0 Å². The third-order valence-electron chi connectivity index (χ3n) is 3.38. The Morgan fingerprint density at radius 1 is 1.23 bits per heavy atom. The molecule has 5 heteroatoms. The van der Waals surface area contributed by atoms with Crippen LogP contribution in [0.25, 0.3) is 10.2 Å². The monoisotopic (exact) mass is 314 g/mol. The van der Waals surface area contributed by atoms with Crippen molar-refractivity contribution >= 4 is 27.5 Å². The number of carbonyl (C=O) groups is 1. The number of halogens is 1. The van der Waals surface area contributed by atoms with E-state index in [1.165, 1.54) is 23.5 Å². The van der Waals surface area contributed by atoms with Crippen LogP contribution in [0, 0.1) is 5.82 Å². The van der Waals surface area contributed by atoms with E-state index in [0.29, 0.717) is 11.3 Å². The molecule has 1 heterocycles. The fourth-order valence-corrected chi connectivity index (χ4v) is 3.49. The van der Waals surface area contributed by atoms with Gasteiger partial charge < -0.3 is 4.57 Å². The summed E-state index contributed by atoms with van der Waals surface area (Å²) in [5.41, 5.74) is 1.84. The van der Waals surface area contributed by atoms with Crippen molar-refractivity contribution in [1.82, 2.24) is 4.57 Å². The molecule has 0 aliphatic rings. The van der Waals surface area contributed by atoms with Crippen LogP contribution < -0.4 is 4.80 Å². The van der Waals surface area contributed by atoms with Gasteiger partial charge in [-0.25, -0.2) is 4.39 Å². The van der Waals surface area contributed by atoms with Gasteiger partial charge in [-0.3, -0.25) is 4.79 Å². The molecule has 0 unspecified atom stereocenters. The molecule has 3 nitrogen and oxygen atoms in total. The van der Waals surface area contributed by atoms with Crippen molar-refractivity contribution in [2.24, 2.45) is 4.99 Å². The Morgan fingerprint density at radius 2 is 2.00 bits per heavy atom. The molecule has 1 amide bonds. The Kier molecular flexibility index (Phi) is 4.15. The summed E-state index contributed by atoms with van der Waals surface area (Å²) in [5, 5.41) is 0. The van der Waals surface area contributed by atoms with Crippen molar-refractivity contribution in [3.63, 3.8) is 0 Å². The number of nitrogens with zero attached hydrogens (tertiary/aromatic N) is 2. The molecule has 0 fully saturated rings. The maximum atomic E-state index is 13.3. The van der Waals surface area contributed by atoms with Gasteiger partial charge in [0.1, 0.15) is 5.82 Å². The van der Waals surface area contributed by atoms with E-state index in [-0.39, 0.29) is 18.1 Å². The average molecular weight is 314 g/mol. The van der Waals surface area contributed by atoms with Gasteiger partial charge in [0.2, 0.25) is 0 Å². The van der Waals surface area contributed by atoms with Crippen molar-refractivity contribution in [3.05, 3.63) is 64.7 Å². The lowest BCUT2D eigenvalue weighted by Gasteiger charge is -2.00. The van der Waals surface area contributed by atoms with Crippen LogP contribution in [0.3, 0.4) is 0 Å². The molecule has 0 saturated carbocycles. The van der Waals surface area contributed by atoms with Gasteiger partial charge >= 0.3 is 0 Å². The Hall–Kier alpha value is -2.27. The highest BCUT2D eigenvalue weighted by Gasteiger charge is 2.08. The van der Waals surface area contributed by atoms with E-state index in [1.54, 1.807) is 6.07 Å². The van der Waals surface area contributed by atoms with Gasteiger partial charge in [0.05, 0.1) is 16.6 Å². The molecule has 22 heavy (non-hydrogen) atoms. The quantitative estimate of drug-likeness (QED) is 0.728. The number of rotatable bonds is 3. The van der Waals surface area contributed by atoms with E-state index >= 15 is 0 Å². The van der Waals surface area contributed by atoms with E-state index in [0.717, 1.165) is 15.8 Å². The van der Waals surface area contributed by atoms with Crippen LogP contribution >= 0.6 is 11.3 Å². The highest BCUT2D eigenvalue weighted by atomic mass is 32.1. The summed E-state index contributed by atoms with van der Waals surface area (Å²) in [5.74, 6) is -0.473. The Bertz CT molecular complexity index is 881. The number of amides is 1. The second kappa shape index (κ2) is 6.23. The Balaban J connectivity index is 1.99. The summed E-state index contributed by atoms with van der Waals surface area (Å²) in [7, 11) is 0. The summed E-state index contributed by atoms with van der Waals surface area (Å²) < 4.78 is 16.1. The number of hydrogen-bond donors (Lipinski definition) is 0. The maximum absolute atomic E-state index is 13.3. The summed E-state index contributed by atoms with van der Waals surface area (Å²) in [4.78, 5) is 17.0. The van der Waals surface area contributed by atoms with Crippen LogP contribution in [-0.4, -0.2) is 10.5 Å². The molecule has 3 rings (SSSR count). The number of aryl methyl sites for hydroxylation is 1. The molecule has 0 N–H and O–H groups in total. The zero-order chi connectivity index (χ0) is 15.5. The molecule has 1 aromatic heterocycles. The minimum atomic E-state index is -0.279. The number of fused-ring (bicyclic) bond motifs is 1. The second-order valence-corrected chi connectivity index (χ2v) is 5.92. The SMILES string of the molecule is CCn1c(=NC(=O)Cc2ccccc2)sc2cc(F)ccc21. The Morgan fingerprint density at radius 3 is 2.73 bits per heavy atom. The summed E-state index contributed by atoms with van der Waals surface area (Å²) in [6, 6.07) is 14.2. The number of benzene rings is 2. The third-order valence-corrected chi connectivity index (χ3v) is 4.42. The van der Waals surface area contributed by atoms with Crippen molar-refractivity contribution in [2.75, 3.05) is 0 Å². The van der Waals surface area contributed by atoms with Crippen LogP contribution in [-0.2, 0) is 17.8 Å². The minimum Gasteiger partial charge on any atom is -0.317 e. The van der Waals surface area contributed by atoms with Crippen LogP contribution in [0.2, 0.25) is 0 Å². The maximum Gasteiger partial charge on any atom is 0.252 e. The Labute approximate surface area is 131 Å². The normalized spacial score (nSPS) is 12.0. The third kappa shape index (κ3) is 2.99. The molecule has 0 aliphatic heterocycles. The summed E-state index contributed by atoms with van der Waals surface area (Å²) >= 11 is 1.34. The summed E-state index contributed by atoms with van der Waals surface area (Å²) in [6.07, 6.45) is 0.271. The fourth-order valence-electron chi connectivity index (χ4n) is 2.35. The summed E-state index contributed by atoms with van der Waals surface area (Å²) in [6.45, 7) is 2.67. The van der Waals surface area contributed by atoms with Gasteiger partial charge in [-0.1, -0.05) is 41.7 Å². The molecule has 0 radical (unpaired) electrons. The minimum absolute atomic E-state index is 0.194. The van der Waals surface area contributed by atoms with Gasteiger partial charge in [-0.05, 0) is 30.7 Å². The largest absolute Gasteiger partial charge is 0.317 e. The van der Waals surface area contributed by atoms with Gasteiger partial charge in [0.15, 0.2) is 4.80 Å². The first-order chi connectivity index (χ1) is 10.7. The molecule has 0 spiro atoms. The number of aromatic nitrogens is 1. The molecule has 0 atom stereocenters. The topological polar surface area (TPSA) is 34.4 Å². The van der Waals surface area contributed by atoms with Crippen molar-refractivity contribution in [3.8, 4) is 0 Å². The number of hydrogen-bond acceptors (Lipinski definition) is 2.